The van der Waals surface area contributed by atoms with Crippen molar-refractivity contribution in [2.24, 2.45) is 0 Å². The Labute approximate surface area is 192 Å². The van der Waals surface area contributed by atoms with Gasteiger partial charge in [-0.2, -0.15) is 0 Å². The van der Waals surface area contributed by atoms with Crippen LogP contribution in [0.4, 0.5) is 0 Å². The average Bonchev–Trinajstić information content (AvgIpc) is 0. The maximum Gasteiger partial charge on any atom is 3.00 e. The normalized spacial score (nSPS) is 0. The van der Waals surface area contributed by atoms with E-state index in [4.69, 9.17) is 0 Å². The van der Waals surface area contributed by atoms with E-state index in [1.807, 2.05) is 0 Å². The van der Waals surface area contributed by atoms with Crippen LogP contribution in [0.25, 0.3) is 0 Å². The number of hydrogen-bond acceptors (Lipinski definition) is 0. The largest absolute Gasteiger partial charge is 3.00 e. The van der Waals surface area contributed by atoms with Crippen LogP contribution in [0, 0.1) is 0 Å². The molecule has 0 heterocycles. The summed E-state index contributed by atoms with van der Waals surface area (Å²) in [5, 5.41) is 0. The van der Waals surface area contributed by atoms with E-state index in [0.29, 0.717) is 0 Å². The third-order valence-corrected chi connectivity index (χ3v) is 0. The number of rotatable bonds is 0. The first kappa shape index (κ1) is 85.4. The molecule has 0 atom stereocenters. The first-order chi connectivity index (χ1) is 0. The molecule has 0 N–H and O–H groups in total. The van der Waals surface area contributed by atoms with Crippen molar-refractivity contribution in [1.29, 1.82) is 0 Å². The Bertz CT molecular complexity index is 11.0. The first-order valence-electron chi connectivity index (χ1n) is 0. The molecule has 0 aromatic heterocycles. The van der Waals surface area contributed by atoms with E-state index in [-0.39, 0.29) is 197 Å². The molecule has 0 fully saturated rings. The van der Waals surface area contributed by atoms with Gasteiger partial charge in [0.25, 0.3) is 0 Å². The van der Waals surface area contributed by atoms with Gasteiger partial charge in [0.2, 0.25) is 0 Å². The zero-order valence-corrected chi connectivity index (χ0v) is 17.8. The van der Waals surface area contributed by atoms with Gasteiger partial charge in [-0.3, -0.25) is 0 Å². The van der Waals surface area contributed by atoms with E-state index < -0.39 is 0 Å². The van der Waals surface area contributed by atoms with Crippen molar-refractivity contribution in [1.82, 2.24) is 0 Å². The molecule has 0 rings (SSSR count). The van der Waals surface area contributed by atoms with E-state index >= 15 is 0 Å². The molecule has 0 nitrogen and oxygen atoms in total. The predicted octanol–water partition coefficient (Wildman–Crippen LogP) is -24.0. The second kappa shape index (κ2) is 68.3. The monoisotopic (exact) mass is 481 g/mol. The van der Waals surface area contributed by atoms with Crippen molar-refractivity contribution in [3.05, 3.63) is 0 Å². The maximum absolute atomic E-state index is 0. The summed E-state index contributed by atoms with van der Waals surface area (Å²) in [4.78, 5) is 0. The van der Waals surface area contributed by atoms with Crippen LogP contribution in [0.1, 0.15) is 0 Å². The molecule has 0 unspecified atom stereocenters. The van der Waals surface area contributed by atoms with Gasteiger partial charge in [0.05, 0.1) is 0 Å². The van der Waals surface area contributed by atoms with Crippen LogP contribution in [0.15, 0.2) is 0 Å². The van der Waals surface area contributed by atoms with Crippen molar-refractivity contribution in [2.45, 2.75) is 0 Å². The van der Waals surface area contributed by atoms with Gasteiger partial charge < -0.3 is 74.4 Å². The molecule has 0 aromatic carbocycles. The van der Waals surface area contributed by atoms with E-state index in [0.717, 1.165) is 0 Å². The standard InChI is InChI=1S/6ClH.Ir.2K/h6*1H;;;/q;;;;;;+3;2*+1/p-6. The average molecular weight is 483 g/mol. The molecule has 0 saturated carbocycles. The molecule has 0 saturated heterocycles. The smallest absolute Gasteiger partial charge is 1.00 e. The summed E-state index contributed by atoms with van der Waals surface area (Å²) < 4.78 is 0. The van der Waals surface area contributed by atoms with Gasteiger partial charge >= 0.3 is 123 Å². The Kier molecular flexibility index (Phi) is 648. The topological polar surface area (TPSA) is 0 Å². The summed E-state index contributed by atoms with van der Waals surface area (Å²) in [6, 6.07) is 0. The van der Waals surface area contributed by atoms with Crippen molar-refractivity contribution >= 4 is 0 Å². The van der Waals surface area contributed by atoms with Crippen LogP contribution in [0.2, 0.25) is 0 Å². The molecule has 0 amide bonds. The fourth-order valence-corrected chi connectivity index (χ4v) is 0. The van der Waals surface area contributed by atoms with E-state index in [9.17, 15) is 0 Å². The van der Waals surface area contributed by atoms with E-state index in [1.165, 1.54) is 0 Å². The van der Waals surface area contributed by atoms with Crippen LogP contribution < -0.4 is 177 Å². The zero-order chi connectivity index (χ0) is 0. The summed E-state index contributed by atoms with van der Waals surface area (Å²) in [6.07, 6.45) is 0. The van der Waals surface area contributed by atoms with Crippen LogP contribution in [-0.2, 0) is 20.1 Å². The molecule has 9 heavy (non-hydrogen) atoms. The van der Waals surface area contributed by atoms with Crippen LogP contribution in [-0.4, -0.2) is 0 Å². The summed E-state index contributed by atoms with van der Waals surface area (Å²) in [5.41, 5.74) is 0. The van der Waals surface area contributed by atoms with Crippen LogP contribution in [0.5, 0.6) is 0 Å². The minimum Gasteiger partial charge on any atom is -1.00 e. The van der Waals surface area contributed by atoms with E-state index in [2.05, 4.69) is 0 Å². The van der Waals surface area contributed by atoms with Crippen molar-refractivity contribution in [3.63, 3.8) is 0 Å². The van der Waals surface area contributed by atoms with Gasteiger partial charge in [0.1, 0.15) is 0 Å². The van der Waals surface area contributed by atoms with Gasteiger partial charge in [0.15, 0.2) is 0 Å². The first-order valence-corrected chi connectivity index (χ1v) is 0. The Morgan fingerprint density at radius 1 is 0.333 bits per heavy atom. The van der Waals surface area contributed by atoms with E-state index in [1.54, 1.807) is 0 Å². The van der Waals surface area contributed by atoms with Crippen molar-refractivity contribution in [3.8, 4) is 0 Å². The molecule has 54 valence electrons. The van der Waals surface area contributed by atoms with Gasteiger partial charge in [-0.05, 0) is 0 Å². The Balaban J connectivity index is 0. The quantitative estimate of drug-likeness (QED) is 0.301. The number of halogens is 6. The van der Waals surface area contributed by atoms with Gasteiger partial charge in [-0.15, -0.1) is 0 Å². The maximum atomic E-state index is 0. The summed E-state index contributed by atoms with van der Waals surface area (Å²) in [6.45, 7) is 0. The van der Waals surface area contributed by atoms with Gasteiger partial charge in [-0.1, -0.05) is 0 Å². The predicted molar refractivity (Wildman–Crippen MR) is 0 cm³/mol. The molecule has 0 aliphatic rings. The van der Waals surface area contributed by atoms with Crippen molar-refractivity contribution in [2.75, 3.05) is 0 Å². The summed E-state index contributed by atoms with van der Waals surface area (Å²) in [5.74, 6) is 0. The fourth-order valence-electron chi connectivity index (χ4n) is 0. The van der Waals surface area contributed by atoms with Crippen LogP contribution in [0.3, 0.4) is 0 Å². The molecule has 9 heteroatoms. The molecule has 0 aliphatic heterocycles. The van der Waals surface area contributed by atoms with Crippen molar-refractivity contribution < 1.29 is 197 Å². The Morgan fingerprint density at radius 2 is 0.333 bits per heavy atom. The zero-order valence-electron chi connectivity index (χ0n) is 4.60. The fraction of sp³-hybridized carbons (Fsp3) is 0. The third kappa shape index (κ3) is 58.0. The molecule has 0 radical (unpaired) electrons. The van der Waals surface area contributed by atoms with Crippen LogP contribution >= 0.6 is 0 Å². The molecular formula is Cl6IrK2-. The molecule has 0 bridgehead atoms. The van der Waals surface area contributed by atoms with Gasteiger partial charge in [-0.25, -0.2) is 0 Å². The Morgan fingerprint density at radius 3 is 0.333 bits per heavy atom. The minimum absolute atomic E-state index is 0. The molecule has 0 aromatic rings. The minimum atomic E-state index is 0. The number of hydrogen-bond donors (Lipinski definition) is 0. The van der Waals surface area contributed by atoms with Gasteiger partial charge in [0, 0.05) is 0 Å². The third-order valence-electron chi connectivity index (χ3n) is 0. The summed E-state index contributed by atoms with van der Waals surface area (Å²) >= 11 is 0. The SMILES string of the molecule is [Cl-].[Cl-].[Cl-].[Cl-].[Cl-].[Cl-].[Ir+3].[K+].[K+]. The molecule has 0 spiro atoms. The molecule has 0 aliphatic carbocycles. The second-order valence-corrected chi connectivity index (χ2v) is 0. The second-order valence-electron chi connectivity index (χ2n) is 0. The summed E-state index contributed by atoms with van der Waals surface area (Å²) in [7, 11) is 0. The Hall–Kier alpha value is 5.66. The molecular weight excluding hydrogens is 483 g/mol.